The van der Waals surface area contributed by atoms with Crippen LogP contribution in [0.3, 0.4) is 0 Å². The molecule has 0 aromatic rings. The van der Waals surface area contributed by atoms with Gasteiger partial charge in [-0.3, -0.25) is 4.57 Å². The van der Waals surface area contributed by atoms with Crippen molar-refractivity contribution in [2.24, 2.45) is 0 Å². The number of rotatable bonds is 19. The van der Waals surface area contributed by atoms with E-state index in [0.717, 1.165) is 25.5 Å². The van der Waals surface area contributed by atoms with Gasteiger partial charge in [-0.1, -0.05) is 91.6 Å². The van der Waals surface area contributed by atoms with Crippen LogP contribution >= 0.6 is 15.2 Å². The SMILES string of the molecule is CCCCCCCCCCCCCCCC=COP(=O)([O-])C(CO)P(=O)([O-])[O-].[Na+].[Na+].[Na+]. The largest absolute Gasteiger partial charge is 1.00 e. The Labute approximate surface area is 255 Å². The van der Waals surface area contributed by atoms with Crippen LogP contribution in [0.25, 0.3) is 0 Å². The minimum atomic E-state index is -5.47. The number of aliphatic hydroxyl groups excluding tert-OH is 1. The van der Waals surface area contributed by atoms with E-state index in [1.165, 1.54) is 70.3 Å². The fourth-order valence-electron chi connectivity index (χ4n) is 2.92. The summed E-state index contributed by atoms with van der Waals surface area (Å²) in [6.45, 7) is 0.922. The van der Waals surface area contributed by atoms with Gasteiger partial charge in [0.05, 0.1) is 18.3 Å². The van der Waals surface area contributed by atoms with Crippen molar-refractivity contribution in [3.63, 3.8) is 0 Å². The Morgan fingerprint density at radius 2 is 1.16 bits per heavy atom. The molecule has 0 spiro atoms. The number of unbranched alkanes of at least 4 members (excludes halogenated alkanes) is 13. The third-order valence-corrected chi connectivity index (χ3v) is 8.57. The zero-order valence-corrected chi connectivity index (χ0v) is 27.9. The minimum absolute atomic E-state index is 0. The van der Waals surface area contributed by atoms with Crippen molar-refractivity contribution in [2.45, 2.75) is 102 Å². The predicted molar refractivity (Wildman–Crippen MR) is 107 cm³/mol. The third-order valence-electron chi connectivity index (χ3n) is 4.67. The van der Waals surface area contributed by atoms with Gasteiger partial charge in [-0.05, 0) is 18.9 Å². The summed E-state index contributed by atoms with van der Waals surface area (Å²) in [6, 6.07) is 0. The molecule has 2 atom stereocenters. The molecule has 7 nitrogen and oxygen atoms in total. The second-order valence-corrected chi connectivity index (χ2v) is 11.3. The Morgan fingerprint density at radius 3 is 1.52 bits per heavy atom. The van der Waals surface area contributed by atoms with Crippen LogP contribution in [0.1, 0.15) is 96.8 Å². The molecule has 0 saturated heterocycles. The first kappa shape index (κ1) is 41.0. The number of hydrogen-bond donors (Lipinski definition) is 1. The van der Waals surface area contributed by atoms with Gasteiger partial charge >= 0.3 is 88.7 Å². The second kappa shape index (κ2) is 25.9. The van der Waals surface area contributed by atoms with Crippen molar-refractivity contribution in [3.05, 3.63) is 12.3 Å². The van der Waals surface area contributed by atoms with E-state index in [-0.39, 0.29) is 88.7 Å². The van der Waals surface area contributed by atoms with Gasteiger partial charge in [-0.15, -0.1) is 0 Å². The molecular weight excluding hydrogens is 471 g/mol. The number of hydrogen-bond acceptors (Lipinski definition) is 7. The zero-order chi connectivity index (χ0) is 21.3. The Kier molecular flexibility index (Phi) is 34.3. The molecule has 0 aliphatic heterocycles. The van der Waals surface area contributed by atoms with Gasteiger partial charge in [0.25, 0.3) is 0 Å². The van der Waals surface area contributed by atoms with Gasteiger partial charge in [0.15, 0.2) is 7.60 Å². The molecule has 0 aliphatic carbocycles. The standard InChI is InChI=1S/C19H40O7P2.3Na/c1-2-3-4-5-6-7-8-9-10-11-12-13-14-15-16-17-26-28(24,25)19(18-20)27(21,22)23;;;/h16-17,19-20H,2-15,18H2,1H3,(H,24,25)(H2,21,22,23);;;/q;3*+1/p-3. The van der Waals surface area contributed by atoms with Gasteiger partial charge in [0, 0.05) is 0 Å². The summed E-state index contributed by atoms with van der Waals surface area (Å²) >= 11 is 0. The fourth-order valence-corrected chi connectivity index (χ4v) is 5.26. The first-order valence-corrected chi connectivity index (χ1v) is 13.7. The Bertz CT molecular complexity index is 505. The van der Waals surface area contributed by atoms with Crippen LogP contribution in [-0.2, 0) is 13.7 Å². The van der Waals surface area contributed by atoms with Crippen molar-refractivity contribution in [3.8, 4) is 0 Å². The molecule has 0 aromatic carbocycles. The fraction of sp³-hybridized carbons (Fsp3) is 0.895. The van der Waals surface area contributed by atoms with Crippen molar-refractivity contribution < 1.29 is 122 Å². The van der Waals surface area contributed by atoms with Crippen molar-refractivity contribution >= 4 is 15.2 Å². The smallest absolute Gasteiger partial charge is 0.810 e. The van der Waals surface area contributed by atoms with Gasteiger partial charge in [0.1, 0.15) is 0 Å². The molecule has 0 bridgehead atoms. The molecule has 0 radical (unpaired) electrons. The van der Waals surface area contributed by atoms with Crippen molar-refractivity contribution in [1.82, 2.24) is 0 Å². The van der Waals surface area contributed by atoms with E-state index in [1.54, 1.807) is 0 Å². The zero-order valence-electron chi connectivity index (χ0n) is 20.1. The van der Waals surface area contributed by atoms with E-state index < -0.39 is 27.2 Å². The normalized spacial score (nSPS) is 14.1. The molecule has 0 fully saturated rings. The van der Waals surface area contributed by atoms with Crippen LogP contribution in [0.5, 0.6) is 0 Å². The molecule has 0 rings (SSSR count). The number of allylic oxidation sites excluding steroid dienone is 1. The maximum atomic E-state index is 11.6. The van der Waals surface area contributed by atoms with E-state index in [2.05, 4.69) is 11.4 Å². The molecule has 1 N–H and O–H groups in total. The summed E-state index contributed by atoms with van der Waals surface area (Å²) in [5.41, 5.74) is 0. The second-order valence-electron chi connectivity index (χ2n) is 7.25. The van der Waals surface area contributed by atoms with Gasteiger partial charge in [-0.2, -0.15) is 0 Å². The summed E-state index contributed by atoms with van der Waals surface area (Å²) in [4.78, 5) is 33.2. The third kappa shape index (κ3) is 24.3. The molecule has 31 heavy (non-hydrogen) atoms. The summed E-state index contributed by atoms with van der Waals surface area (Å²) in [5, 5.41) is 6.34. The first-order chi connectivity index (χ1) is 13.3. The van der Waals surface area contributed by atoms with Crippen LogP contribution in [0.4, 0.5) is 0 Å². The molecule has 0 aliphatic rings. The molecule has 0 amide bonds. The van der Waals surface area contributed by atoms with E-state index in [1.807, 2.05) is 0 Å². The van der Waals surface area contributed by atoms with Crippen LogP contribution in [0.2, 0.25) is 0 Å². The predicted octanol–water partition coefficient (Wildman–Crippen LogP) is -5.20. The van der Waals surface area contributed by atoms with Crippen LogP contribution in [0.15, 0.2) is 12.3 Å². The monoisotopic (exact) mass is 508 g/mol. The van der Waals surface area contributed by atoms with Gasteiger partial charge in [-0.25, -0.2) is 0 Å². The van der Waals surface area contributed by atoms with E-state index in [4.69, 9.17) is 5.11 Å². The molecule has 2 unspecified atom stereocenters. The van der Waals surface area contributed by atoms with Crippen molar-refractivity contribution in [1.29, 1.82) is 0 Å². The van der Waals surface area contributed by atoms with E-state index in [0.29, 0.717) is 6.42 Å². The molecular formula is C19H37Na3O7P2. The topological polar surface area (TPSA) is 133 Å². The maximum Gasteiger partial charge on any atom is 1.00 e. The van der Waals surface area contributed by atoms with Gasteiger partial charge < -0.3 is 28.9 Å². The minimum Gasteiger partial charge on any atom is -0.810 e. The van der Waals surface area contributed by atoms with E-state index >= 15 is 0 Å². The van der Waals surface area contributed by atoms with Crippen LogP contribution < -0.4 is 103 Å². The quantitative estimate of drug-likeness (QED) is 0.0799. The Hall–Kier alpha value is 2.84. The molecule has 0 heterocycles. The Morgan fingerprint density at radius 1 is 0.774 bits per heavy atom. The molecule has 168 valence electrons. The molecule has 0 aromatic heterocycles. The summed E-state index contributed by atoms with van der Waals surface area (Å²) in [7, 11) is -10.5. The average molecular weight is 508 g/mol. The molecule has 12 heteroatoms. The van der Waals surface area contributed by atoms with E-state index in [9.17, 15) is 23.8 Å². The average Bonchev–Trinajstić information content (AvgIpc) is 2.60. The maximum absolute atomic E-state index is 11.6. The van der Waals surface area contributed by atoms with Crippen LogP contribution in [-0.4, -0.2) is 17.1 Å². The summed E-state index contributed by atoms with van der Waals surface area (Å²) in [5.74, 6) is 0. The Balaban J connectivity index is -0.00000121. The van der Waals surface area contributed by atoms with Gasteiger partial charge in [0.2, 0.25) is 0 Å². The molecule has 0 saturated carbocycles. The summed E-state index contributed by atoms with van der Waals surface area (Å²) in [6.07, 6.45) is 19.1. The van der Waals surface area contributed by atoms with Crippen molar-refractivity contribution in [2.75, 3.05) is 6.61 Å². The number of aliphatic hydroxyl groups is 1. The first-order valence-electron chi connectivity index (χ1n) is 10.5. The summed E-state index contributed by atoms with van der Waals surface area (Å²) < 4.78 is 26.8. The van der Waals surface area contributed by atoms with Crippen LogP contribution in [0, 0.1) is 0 Å².